The Morgan fingerprint density at radius 3 is 2.50 bits per heavy atom. The van der Waals surface area contributed by atoms with Gasteiger partial charge in [0.1, 0.15) is 5.78 Å². The van der Waals surface area contributed by atoms with E-state index in [4.69, 9.17) is 4.74 Å². The second kappa shape index (κ2) is 8.05. The van der Waals surface area contributed by atoms with E-state index in [1.165, 1.54) is 5.56 Å². The molecular formula is C14H20O2. The molecule has 0 radical (unpaired) electrons. The van der Waals surface area contributed by atoms with Crippen molar-refractivity contribution in [3.05, 3.63) is 35.9 Å². The third-order valence-electron chi connectivity index (χ3n) is 2.57. The molecule has 0 bridgehead atoms. The van der Waals surface area contributed by atoms with Crippen molar-refractivity contribution < 1.29 is 9.53 Å². The summed E-state index contributed by atoms with van der Waals surface area (Å²) in [7, 11) is 1.67. The maximum Gasteiger partial charge on any atom is 0.133 e. The van der Waals surface area contributed by atoms with Gasteiger partial charge in [-0.1, -0.05) is 30.3 Å². The Morgan fingerprint density at radius 2 is 1.81 bits per heavy atom. The van der Waals surface area contributed by atoms with Crippen molar-refractivity contribution >= 4 is 5.78 Å². The molecule has 2 heteroatoms. The molecule has 88 valence electrons. The first-order valence-electron chi connectivity index (χ1n) is 5.87. The van der Waals surface area contributed by atoms with Crippen LogP contribution in [0.25, 0.3) is 0 Å². The highest BCUT2D eigenvalue weighted by atomic mass is 16.5. The highest BCUT2D eigenvalue weighted by Gasteiger charge is 2.01. The van der Waals surface area contributed by atoms with Crippen molar-refractivity contribution in [2.75, 3.05) is 13.7 Å². The molecule has 0 saturated heterocycles. The molecule has 2 nitrogen and oxygen atoms in total. The molecule has 0 amide bonds. The Balaban J connectivity index is 2.09. The predicted octanol–water partition coefficient (Wildman–Crippen LogP) is 3.01. The molecule has 0 unspecified atom stereocenters. The van der Waals surface area contributed by atoms with Gasteiger partial charge in [0.25, 0.3) is 0 Å². The maximum atomic E-state index is 11.5. The monoisotopic (exact) mass is 220 g/mol. The van der Waals surface area contributed by atoms with Crippen LogP contribution in [0.3, 0.4) is 0 Å². The van der Waals surface area contributed by atoms with Crippen molar-refractivity contribution in [3.8, 4) is 0 Å². The zero-order valence-electron chi connectivity index (χ0n) is 9.95. The van der Waals surface area contributed by atoms with Gasteiger partial charge in [0.05, 0.1) is 0 Å². The van der Waals surface area contributed by atoms with Crippen LogP contribution in [0, 0.1) is 0 Å². The number of aryl methyl sites for hydroxylation is 1. The molecule has 0 aromatic heterocycles. The summed E-state index contributed by atoms with van der Waals surface area (Å²) in [5, 5.41) is 0. The number of carbonyl (C=O) groups is 1. The summed E-state index contributed by atoms with van der Waals surface area (Å²) >= 11 is 0. The van der Waals surface area contributed by atoms with Gasteiger partial charge in [-0.2, -0.15) is 0 Å². The first-order chi connectivity index (χ1) is 7.83. The van der Waals surface area contributed by atoms with Crippen molar-refractivity contribution in [2.24, 2.45) is 0 Å². The minimum Gasteiger partial charge on any atom is -0.385 e. The summed E-state index contributed by atoms with van der Waals surface area (Å²) in [6.07, 6.45) is 4.15. The molecule has 0 heterocycles. The molecule has 0 N–H and O–H groups in total. The van der Waals surface area contributed by atoms with Gasteiger partial charge in [-0.3, -0.25) is 4.79 Å². The van der Waals surface area contributed by atoms with Gasteiger partial charge in [-0.15, -0.1) is 0 Å². The van der Waals surface area contributed by atoms with Crippen LogP contribution in [0.1, 0.15) is 31.2 Å². The number of ether oxygens (including phenoxy) is 1. The second-order valence-electron chi connectivity index (χ2n) is 3.97. The van der Waals surface area contributed by atoms with Crippen LogP contribution in [0.5, 0.6) is 0 Å². The van der Waals surface area contributed by atoms with Gasteiger partial charge < -0.3 is 4.74 Å². The Morgan fingerprint density at radius 1 is 1.12 bits per heavy atom. The number of methoxy groups -OCH3 is 1. The Kier molecular flexibility index (Phi) is 6.50. The molecule has 16 heavy (non-hydrogen) atoms. The fourth-order valence-corrected chi connectivity index (χ4v) is 1.67. The molecule has 1 rings (SSSR count). The number of rotatable bonds is 8. The molecule has 0 aliphatic rings. The Labute approximate surface area is 97.6 Å². The lowest BCUT2D eigenvalue weighted by Gasteiger charge is -2.01. The van der Waals surface area contributed by atoms with E-state index in [-0.39, 0.29) is 0 Å². The van der Waals surface area contributed by atoms with E-state index < -0.39 is 0 Å². The summed E-state index contributed by atoms with van der Waals surface area (Å²) in [6, 6.07) is 10.3. The van der Waals surface area contributed by atoms with Crippen molar-refractivity contribution in [1.29, 1.82) is 0 Å². The van der Waals surface area contributed by atoms with E-state index in [0.29, 0.717) is 25.2 Å². The quantitative estimate of drug-likeness (QED) is 0.629. The summed E-state index contributed by atoms with van der Waals surface area (Å²) in [5.41, 5.74) is 1.31. The van der Waals surface area contributed by atoms with Gasteiger partial charge in [0.2, 0.25) is 0 Å². The van der Waals surface area contributed by atoms with E-state index in [2.05, 4.69) is 12.1 Å². The molecule has 0 aliphatic heterocycles. The normalized spacial score (nSPS) is 10.3. The maximum absolute atomic E-state index is 11.5. The van der Waals surface area contributed by atoms with Crippen LogP contribution in [-0.2, 0) is 16.0 Å². The van der Waals surface area contributed by atoms with Crippen LogP contribution < -0.4 is 0 Å². The molecule has 0 fully saturated rings. The molecule has 0 aliphatic carbocycles. The summed E-state index contributed by atoms with van der Waals surface area (Å²) in [6.45, 7) is 0.685. The average Bonchev–Trinajstić information content (AvgIpc) is 2.31. The highest BCUT2D eigenvalue weighted by molar-refractivity contribution is 5.78. The minimum atomic E-state index is 0.355. The third-order valence-corrected chi connectivity index (χ3v) is 2.57. The highest BCUT2D eigenvalue weighted by Crippen LogP contribution is 2.06. The van der Waals surface area contributed by atoms with E-state index in [9.17, 15) is 4.79 Å². The SMILES string of the molecule is COCCCC(=O)CCCc1ccccc1. The molecule has 1 aromatic carbocycles. The zero-order valence-corrected chi connectivity index (χ0v) is 9.95. The molecule has 0 saturated carbocycles. The van der Waals surface area contributed by atoms with Crippen LogP contribution >= 0.6 is 0 Å². The first-order valence-corrected chi connectivity index (χ1v) is 5.87. The van der Waals surface area contributed by atoms with E-state index in [1.54, 1.807) is 7.11 Å². The van der Waals surface area contributed by atoms with E-state index >= 15 is 0 Å². The number of hydrogen-bond acceptors (Lipinski definition) is 2. The van der Waals surface area contributed by atoms with Crippen LogP contribution in [0.4, 0.5) is 0 Å². The number of ketones is 1. The second-order valence-corrected chi connectivity index (χ2v) is 3.97. The van der Waals surface area contributed by atoms with Gasteiger partial charge in [0.15, 0.2) is 0 Å². The Hall–Kier alpha value is -1.15. The smallest absolute Gasteiger partial charge is 0.133 e. The van der Waals surface area contributed by atoms with E-state index in [1.807, 2.05) is 18.2 Å². The number of Topliss-reactive ketones (excluding diaryl/α,β-unsaturated/α-hetero) is 1. The van der Waals surface area contributed by atoms with Crippen molar-refractivity contribution in [2.45, 2.75) is 32.1 Å². The summed E-state index contributed by atoms with van der Waals surface area (Å²) < 4.78 is 4.91. The molecule has 1 aromatic rings. The summed E-state index contributed by atoms with van der Waals surface area (Å²) in [4.78, 5) is 11.5. The van der Waals surface area contributed by atoms with Crippen LogP contribution in [-0.4, -0.2) is 19.5 Å². The molecule has 0 spiro atoms. The fraction of sp³-hybridized carbons (Fsp3) is 0.500. The number of hydrogen-bond donors (Lipinski definition) is 0. The topological polar surface area (TPSA) is 26.3 Å². The lowest BCUT2D eigenvalue weighted by atomic mass is 10.0. The predicted molar refractivity (Wildman–Crippen MR) is 65.5 cm³/mol. The van der Waals surface area contributed by atoms with Crippen LogP contribution in [0.2, 0.25) is 0 Å². The lowest BCUT2D eigenvalue weighted by molar-refractivity contribution is -0.119. The number of carbonyl (C=O) groups excluding carboxylic acids is 1. The first kappa shape index (κ1) is 12.9. The zero-order chi connectivity index (χ0) is 11.6. The average molecular weight is 220 g/mol. The van der Waals surface area contributed by atoms with Gasteiger partial charge in [0, 0.05) is 26.6 Å². The third kappa shape index (κ3) is 5.66. The van der Waals surface area contributed by atoms with Crippen molar-refractivity contribution in [3.63, 3.8) is 0 Å². The molecular weight excluding hydrogens is 200 g/mol. The van der Waals surface area contributed by atoms with Crippen LogP contribution in [0.15, 0.2) is 30.3 Å². The summed E-state index contributed by atoms with van der Waals surface area (Å²) in [5.74, 6) is 0.355. The lowest BCUT2D eigenvalue weighted by Crippen LogP contribution is -2.01. The van der Waals surface area contributed by atoms with Gasteiger partial charge >= 0.3 is 0 Å². The van der Waals surface area contributed by atoms with Gasteiger partial charge in [-0.05, 0) is 24.8 Å². The molecule has 0 atom stereocenters. The van der Waals surface area contributed by atoms with E-state index in [0.717, 1.165) is 19.3 Å². The standard InChI is InChI=1S/C14H20O2/c1-16-12-6-11-14(15)10-5-9-13-7-3-2-4-8-13/h2-4,7-8H,5-6,9-12H2,1H3. The largest absolute Gasteiger partial charge is 0.385 e. The number of benzene rings is 1. The fourth-order valence-electron chi connectivity index (χ4n) is 1.67. The van der Waals surface area contributed by atoms with Gasteiger partial charge in [-0.25, -0.2) is 0 Å². The Bertz CT molecular complexity index is 293. The minimum absolute atomic E-state index is 0.355. The van der Waals surface area contributed by atoms with Crippen molar-refractivity contribution in [1.82, 2.24) is 0 Å².